The van der Waals surface area contributed by atoms with Gasteiger partial charge in [0.2, 0.25) is 0 Å². The highest BCUT2D eigenvalue weighted by Crippen LogP contribution is 2.33. The number of hydrogen-bond acceptors (Lipinski definition) is 6. The van der Waals surface area contributed by atoms with E-state index >= 15 is 0 Å². The Morgan fingerprint density at radius 1 is 1.25 bits per heavy atom. The molecule has 2 aromatic rings. The fraction of sp³-hybridized carbons (Fsp3) is 0.312. The fourth-order valence-corrected chi connectivity index (χ4v) is 2.08. The van der Waals surface area contributed by atoms with Gasteiger partial charge in [0.05, 0.1) is 17.4 Å². The number of ether oxygens (including phenoxy) is 1. The van der Waals surface area contributed by atoms with Crippen molar-refractivity contribution in [1.29, 1.82) is 0 Å². The van der Waals surface area contributed by atoms with E-state index in [2.05, 4.69) is 15.6 Å². The molecule has 0 saturated carbocycles. The number of urea groups is 1. The van der Waals surface area contributed by atoms with Crippen LogP contribution in [0.2, 0.25) is 0 Å². The SMILES string of the molecule is CCNC(=O)NC(=O)C(C)OC(=O)c1cn(-c2ccccc2C(F)(F)F)nn1. The number of amides is 3. The van der Waals surface area contributed by atoms with E-state index in [1.807, 2.05) is 5.32 Å². The van der Waals surface area contributed by atoms with Gasteiger partial charge in [-0.25, -0.2) is 14.3 Å². The topological polar surface area (TPSA) is 115 Å². The molecule has 150 valence electrons. The minimum atomic E-state index is -4.63. The summed E-state index contributed by atoms with van der Waals surface area (Å²) < 4.78 is 44.9. The molecule has 2 N–H and O–H groups in total. The molecule has 2 rings (SSSR count). The summed E-state index contributed by atoms with van der Waals surface area (Å²) in [5, 5.41) is 11.3. The molecule has 1 heterocycles. The first-order valence-corrected chi connectivity index (χ1v) is 8.02. The van der Waals surface area contributed by atoms with E-state index in [0.29, 0.717) is 0 Å². The van der Waals surface area contributed by atoms with Crippen molar-refractivity contribution in [2.45, 2.75) is 26.1 Å². The highest BCUT2D eigenvalue weighted by atomic mass is 19.4. The maximum atomic E-state index is 13.1. The molecule has 0 aliphatic carbocycles. The molecule has 1 atom stereocenters. The summed E-state index contributed by atoms with van der Waals surface area (Å²) in [6, 6.07) is 3.86. The number of halogens is 3. The largest absolute Gasteiger partial charge is 0.448 e. The summed E-state index contributed by atoms with van der Waals surface area (Å²) in [7, 11) is 0. The Morgan fingerprint density at radius 2 is 1.93 bits per heavy atom. The lowest BCUT2D eigenvalue weighted by Crippen LogP contribution is -2.44. The molecular weight excluding hydrogens is 383 g/mol. The normalized spacial score (nSPS) is 12.2. The van der Waals surface area contributed by atoms with Crippen molar-refractivity contribution in [2.24, 2.45) is 0 Å². The number of carbonyl (C=O) groups is 3. The number of nitrogens with one attached hydrogen (secondary N) is 2. The molecule has 0 radical (unpaired) electrons. The molecule has 0 saturated heterocycles. The second-order valence-electron chi connectivity index (χ2n) is 5.46. The highest BCUT2D eigenvalue weighted by molar-refractivity contribution is 5.98. The molecule has 28 heavy (non-hydrogen) atoms. The quantitative estimate of drug-likeness (QED) is 0.740. The van der Waals surface area contributed by atoms with Gasteiger partial charge in [-0.05, 0) is 26.0 Å². The Labute approximate surface area is 156 Å². The maximum Gasteiger partial charge on any atom is 0.418 e. The van der Waals surface area contributed by atoms with Crippen LogP contribution < -0.4 is 10.6 Å². The van der Waals surface area contributed by atoms with Gasteiger partial charge in [0.25, 0.3) is 5.91 Å². The third-order valence-corrected chi connectivity index (χ3v) is 3.39. The van der Waals surface area contributed by atoms with E-state index in [1.54, 1.807) is 6.92 Å². The molecule has 0 bridgehead atoms. The van der Waals surface area contributed by atoms with Gasteiger partial charge in [0, 0.05) is 6.54 Å². The monoisotopic (exact) mass is 399 g/mol. The molecule has 0 aliphatic rings. The smallest absolute Gasteiger partial charge is 0.418 e. The van der Waals surface area contributed by atoms with Crippen molar-refractivity contribution in [2.75, 3.05) is 6.54 Å². The molecule has 3 amide bonds. The van der Waals surface area contributed by atoms with Gasteiger partial charge in [0.1, 0.15) is 0 Å². The molecule has 1 unspecified atom stereocenters. The average Bonchev–Trinajstić information content (AvgIpc) is 3.11. The van der Waals surface area contributed by atoms with Gasteiger partial charge < -0.3 is 10.1 Å². The van der Waals surface area contributed by atoms with E-state index in [9.17, 15) is 27.6 Å². The summed E-state index contributed by atoms with van der Waals surface area (Å²) in [5.74, 6) is -1.97. The minimum Gasteiger partial charge on any atom is -0.448 e. The standard InChI is InChI=1S/C16H16F3N5O4/c1-3-20-15(27)21-13(25)9(2)28-14(26)11-8-24(23-22-11)12-7-5-4-6-10(12)16(17,18)19/h4-9H,3H2,1-2H3,(H2,20,21,25,27). The number of imide groups is 1. The lowest BCUT2D eigenvalue weighted by atomic mass is 10.1. The van der Waals surface area contributed by atoms with Gasteiger partial charge in [0.15, 0.2) is 11.8 Å². The average molecular weight is 399 g/mol. The van der Waals surface area contributed by atoms with Crippen molar-refractivity contribution in [1.82, 2.24) is 25.6 Å². The van der Waals surface area contributed by atoms with Crippen molar-refractivity contribution in [3.63, 3.8) is 0 Å². The van der Waals surface area contributed by atoms with Gasteiger partial charge in [-0.2, -0.15) is 13.2 Å². The highest BCUT2D eigenvalue weighted by Gasteiger charge is 2.34. The summed E-state index contributed by atoms with van der Waals surface area (Å²) in [6.45, 7) is 3.15. The van der Waals surface area contributed by atoms with Gasteiger partial charge in [-0.3, -0.25) is 10.1 Å². The van der Waals surface area contributed by atoms with Gasteiger partial charge in [-0.15, -0.1) is 5.10 Å². The first-order valence-electron chi connectivity index (χ1n) is 8.02. The summed E-state index contributed by atoms with van der Waals surface area (Å²) in [4.78, 5) is 35.1. The summed E-state index contributed by atoms with van der Waals surface area (Å²) in [6.07, 6.45) is -5.03. The van der Waals surface area contributed by atoms with Crippen LogP contribution in [0, 0.1) is 0 Å². The van der Waals surface area contributed by atoms with Crippen LogP contribution in [0.1, 0.15) is 29.9 Å². The van der Waals surface area contributed by atoms with E-state index in [0.717, 1.165) is 23.0 Å². The minimum absolute atomic E-state index is 0.287. The predicted octanol–water partition coefficient (Wildman–Crippen LogP) is 1.68. The number of carbonyl (C=O) groups excluding carboxylic acids is 3. The van der Waals surface area contributed by atoms with Gasteiger partial charge >= 0.3 is 18.2 Å². The molecule has 1 aromatic carbocycles. The number of hydrogen-bond donors (Lipinski definition) is 2. The summed E-state index contributed by atoms with van der Waals surface area (Å²) >= 11 is 0. The Balaban J connectivity index is 2.11. The molecule has 0 fully saturated rings. The van der Waals surface area contributed by atoms with Crippen LogP contribution in [0.5, 0.6) is 0 Å². The van der Waals surface area contributed by atoms with E-state index in [4.69, 9.17) is 4.74 Å². The predicted molar refractivity (Wildman–Crippen MR) is 88.5 cm³/mol. The lowest BCUT2D eigenvalue weighted by molar-refractivity contribution is -0.137. The number of alkyl halides is 3. The Morgan fingerprint density at radius 3 is 2.57 bits per heavy atom. The number of benzene rings is 1. The number of para-hydroxylation sites is 1. The van der Waals surface area contributed by atoms with Crippen molar-refractivity contribution < 1.29 is 32.3 Å². The molecule has 0 aliphatic heterocycles. The number of esters is 1. The van der Waals surface area contributed by atoms with Crippen LogP contribution in [-0.2, 0) is 15.7 Å². The third-order valence-electron chi connectivity index (χ3n) is 3.39. The molecule has 0 spiro atoms. The molecular formula is C16H16F3N5O4. The second kappa shape index (κ2) is 8.50. The van der Waals surface area contributed by atoms with Crippen molar-refractivity contribution in [3.8, 4) is 5.69 Å². The molecule has 9 nitrogen and oxygen atoms in total. The van der Waals surface area contributed by atoms with Gasteiger partial charge in [-0.1, -0.05) is 17.3 Å². The van der Waals surface area contributed by atoms with E-state index in [-0.39, 0.29) is 12.2 Å². The maximum absolute atomic E-state index is 13.1. The summed E-state index contributed by atoms with van der Waals surface area (Å²) in [5.41, 5.74) is -1.70. The third kappa shape index (κ3) is 5.05. The van der Waals surface area contributed by atoms with Crippen molar-refractivity contribution >= 4 is 17.9 Å². The first-order chi connectivity index (χ1) is 13.1. The lowest BCUT2D eigenvalue weighted by Gasteiger charge is -2.12. The van der Waals surface area contributed by atoms with E-state index in [1.165, 1.54) is 19.1 Å². The van der Waals surface area contributed by atoms with Crippen molar-refractivity contribution in [3.05, 3.63) is 41.7 Å². The number of aromatic nitrogens is 3. The first kappa shape index (κ1) is 20.9. The zero-order valence-electron chi connectivity index (χ0n) is 14.8. The molecule has 12 heteroatoms. The Hall–Kier alpha value is -3.44. The van der Waals surface area contributed by atoms with Crippen LogP contribution in [0.15, 0.2) is 30.5 Å². The number of nitrogens with zero attached hydrogens (tertiary/aromatic N) is 3. The Bertz CT molecular complexity index is 881. The number of rotatable bonds is 5. The van der Waals surface area contributed by atoms with Crippen LogP contribution in [-0.4, -0.2) is 45.6 Å². The van der Waals surface area contributed by atoms with Crippen LogP contribution >= 0.6 is 0 Å². The molecule has 1 aromatic heterocycles. The van der Waals surface area contributed by atoms with Crippen LogP contribution in [0.4, 0.5) is 18.0 Å². The van der Waals surface area contributed by atoms with Crippen LogP contribution in [0.3, 0.4) is 0 Å². The van der Waals surface area contributed by atoms with Crippen LogP contribution in [0.25, 0.3) is 5.69 Å². The zero-order chi connectivity index (χ0) is 20.9. The Kier molecular flexibility index (Phi) is 6.33. The fourth-order valence-electron chi connectivity index (χ4n) is 2.08. The van der Waals surface area contributed by atoms with E-state index < -0.39 is 41.4 Å². The second-order valence-corrected chi connectivity index (χ2v) is 5.46. The zero-order valence-corrected chi connectivity index (χ0v) is 14.8.